The number of esters is 1. The van der Waals surface area contributed by atoms with Crippen molar-refractivity contribution in [3.05, 3.63) is 42.5 Å². The van der Waals surface area contributed by atoms with E-state index in [2.05, 4.69) is 62.0 Å². The van der Waals surface area contributed by atoms with Crippen molar-refractivity contribution < 1.29 is 9.53 Å². The molecule has 0 heterocycles. The number of carbonyl (C=O) groups excluding carboxylic acids is 1. The largest absolute Gasteiger partial charge is 0.466 e. The van der Waals surface area contributed by atoms with Crippen LogP contribution in [0.15, 0.2) is 42.5 Å². The molecule has 3 heteroatoms. The van der Waals surface area contributed by atoms with E-state index in [-0.39, 0.29) is 5.97 Å². The molecule has 0 aromatic heterocycles. The minimum atomic E-state index is -1.56. The second kappa shape index (κ2) is 7.43. The molecule has 0 saturated heterocycles. The lowest BCUT2D eigenvalue weighted by molar-refractivity contribution is -0.134. The molecule has 1 atom stereocenters. The molecule has 2 nitrogen and oxygen atoms in total. The summed E-state index contributed by atoms with van der Waals surface area (Å²) >= 11 is 0. The highest BCUT2D eigenvalue weighted by Gasteiger charge is 2.34. The maximum atomic E-state index is 11.2. The van der Waals surface area contributed by atoms with Crippen molar-refractivity contribution in [3.8, 4) is 0 Å². The van der Waals surface area contributed by atoms with Crippen LogP contribution in [0.25, 0.3) is 0 Å². The molecule has 110 valence electrons. The lowest BCUT2D eigenvalue weighted by Crippen LogP contribution is -2.47. The molecular formula is C17H26O2Si. The molecule has 0 saturated carbocycles. The molecule has 0 bridgehead atoms. The van der Waals surface area contributed by atoms with E-state index in [1.807, 2.05) is 6.08 Å². The summed E-state index contributed by atoms with van der Waals surface area (Å²) in [6.07, 6.45) is 4.44. The van der Waals surface area contributed by atoms with Crippen molar-refractivity contribution >= 4 is 19.2 Å². The standard InChI is InChI=1S/C17H26O2Si/c1-14(2)16(12-9-13-17(18)19-3)20(4,5)15-10-7-6-8-11-15/h6-11,13-14,16H,12H2,1-5H3/b13-9-. The molecule has 20 heavy (non-hydrogen) atoms. The Bertz CT molecular complexity index is 449. The van der Waals surface area contributed by atoms with Gasteiger partial charge >= 0.3 is 5.97 Å². The molecule has 1 aromatic carbocycles. The van der Waals surface area contributed by atoms with Gasteiger partial charge in [0.05, 0.1) is 15.2 Å². The van der Waals surface area contributed by atoms with E-state index in [9.17, 15) is 4.79 Å². The Kier molecular flexibility index (Phi) is 6.21. The maximum absolute atomic E-state index is 11.2. The van der Waals surface area contributed by atoms with Crippen LogP contribution in [0.1, 0.15) is 20.3 Å². The smallest absolute Gasteiger partial charge is 0.330 e. The van der Waals surface area contributed by atoms with Gasteiger partial charge in [0.2, 0.25) is 0 Å². The van der Waals surface area contributed by atoms with Gasteiger partial charge in [-0.25, -0.2) is 4.79 Å². The van der Waals surface area contributed by atoms with E-state index in [1.165, 1.54) is 12.3 Å². The third-order valence-corrected chi connectivity index (χ3v) is 8.67. The summed E-state index contributed by atoms with van der Waals surface area (Å²) in [5, 5.41) is 1.48. The predicted octanol–water partition coefficient (Wildman–Crippen LogP) is 3.75. The molecule has 0 radical (unpaired) electrons. The summed E-state index contributed by atoms with van der Waals surface area (Å²) in [5.74, 6) is 0.325. The van der Waals surface area contributed by atoms with E-state index >= 15 is 0 Å². The predicted molar refractivity (Wildman–Crippen MR) is 87.9 cm³/mol. The zero-order valence-corrected chi connectivity index (χ0v) is 14.2. The average Bonchev–Trinajstić information content (AvgIpc) is 2.43. The molecule has 1 unspecified atom stereocenters. The van der Waals surface area contributed by atoms with E-state index < -0.39 is 8.07 Å². The number of allylic oxidation sites excluding steroid dienone is 1. The SMILES string of the molecule is COC(=O)/C=C\CC(C(C)C)[Si](C)(C)c1ccccc1. The van der Waals surface area contributed by atoms with E-state index in [4.69, 9.17) is 0 Å². The molecule has 1 rings (SSSR count). The third-order valence-electron chi connectivity index (χ3n) is 4.09. The van der Waals surface area contributed by atoms with Gasteiger partial charge < -0.3 is 4.74 Å². The molecular weight excluding hydrogens is 264 g/mol. The Labute approximate surface area is 123 Å². The van der Waals surface area contributed by atoms with Crippen molar-refractivity contribution in [1.82, 2.24) is 0 Å². The van der Waals surface area contributed by atoms with Crippen LogP contribution < -0.4 is 5.19 Å². The zero-order valence-electron chi connectivity index (χ0n) is 13.2. The topological polar surface area (TPSA) is 26.3 Å². The van der Waals surface area contributed by atoms with Gasteiger partial charge in [0.15, 0.2) is 0 Å². The number of ether oxygens (including phenoxy) is 1. The highest BCUT2D eigenvalue weighted by molar-refractivity contribution is 6.91. The Hall–Kier alpha value is -1.35. The minimum Gasteiger partial charge on any atom is -0.466 e. The van der Waals surface area contributed by atoms with Gasteiger partial charge in [-0.15, -0.1) is 0 Å². The Balaban J connectivity index is 2.90. The van der Waals surface area contributed by atoms with Gasteiger partial charge in [-0.05, 0) is 17.9 Å². The van der Waals surface area contributed by atoms with Crippen LogP contribution in [0.5, 0.6) is 0 Å². The highest BCUT2D eigenvalue weighted by Crippen LogP contribution is 2.33. The number of hydrogen-bond donors (Lipinski definition) is 0. The normalized spacial score (nSPS) is 13.7. The van der Waals surface area contributed by atoms with Crippen LogP contribution in [0.3, 0.4) is 0 Å². The second-order valence-electron chi connectivity index (χ2n) is 6.10. The molecule has 1 aromatic rings. The third kappa shape index (κ3) is 4.34. The fourth-order valence-electron chi connectivity index (χ4n) is 2.86. The highest BCUT2D eigenvalue weighted by atomic mass is 28.3. The quantitative estimate of drug-likeness (QED) is 0.453. The van der Waals surface area contributed by atoms with E-state index in [1.54, 1.807) is 6.08 Å². The number of benzene rings is 1. The Morgan fingerprint density at radius 3 is 2.35 bits per heavy atom. The Morgan fingerprint density at radius 1 is 1.25 bits per heavy atom. The van der Waals surface area contributed by atoms with Crippen molar-refractivity contribution in [2.45, 2.75) is 38.9 Å². The lowest BCUT2D eigenvalue weighted by Gasteiger charge is -2.35. The first-order valence-corrected chi connectivity index (χ1v) is 10.3. The van der Waals surface area contributed by atoms with Crippen LogP contribution in [-0.4, -0.2) is 21.2 Å². The van der Waals surface area contributed by atoms with Crippen LogP contribution in [0.4, 0.5) is 0 Å². The molecule has 0 spiro atoms. The van der Waals surface area contributed by atoms with Crippen molar-refractivity contribution in [1.29, 1.82) is 0 Å². The van der Waals surface area contributed by atoms with Crippen molar-refractivity contribution in [2.24, 2.45) is 5.92 Å². The monoisotopic (exact) mass is 290 g/mol. The molecule has 0 amide bonds. The first kappa shape index (κ1) is 16.7. The first-order chi connectivity index (χ1) is 9.39. The van der Waals surface area contributed by atoms with Gasteiger partial charge in [-0.2, -0.15) is 0 Å². The minimum absolute atomic E-state index is 0.272. The number of methoxy groups -OCH3 is 1. The van der Waals surface area contributed by atoms with Gasteiger partial charge in [0.1, 0.15) is 0 Å². The van der Waals surface area contributed by atoms with Gasteiger partial charge in [-0.3, -0.25) is 0 Å². The summed E-state index contributed by atoms with van der Waals surface area (Å²) < 4.78 is 4.65. The lowest BCUT2D eigenvalue weighted by atomic mass is 10.1. The van der Waals surface area contributed by atoms with Gasteiger partial charge in [0.25, 0.3) is 0 Å². The van der Waals surface area contributed by atoms with Gasteiger partial charge in [0, 0.05) is 6.08 Å². The zero-order chi connectivity index (χ0) is 15.2. The van der Waals surface area contributed by atoms with E-state index in [0.717, 1.165) is 6.42 Å². The fraction of sp³-hybridized carbons (Fsp3) is 0.471. The summed E-state index contributed by atoms with van der Waals surface area (Å²) in [7, 11) is -0.146. The van der Waals surface area contributed by atoms with Crippen LogP contribution in [0.2, 0.25) is 18.6 Å². The van der Waals surface area contributed by atoms with Crippen LogP contribution in [0, 0.1) is 5.92 Å². The van der Waals surface area contributed by atoms with Crippen molar-refractivity contribution in [3.63, 3.8) is 0 Å². The molecule has 0 aliphatic rings. The number of rotatable bonds is 6. The summed E-state index contributed by atoms with van der Waals surface area (Å²) in [6, 6.07) is 10.8. The molecule has 0 aliphatic carbocycles. The average molecular weight is 290 g/mol. The van der Waals surface area contributed by atoms with E-state index in [0.29, 0.717) is 11.5 Å². The number of hydrogen-bond acceptors (Lipinski definition) is 2. The van der Waals surface area contributed by atoms with Crippen LogP contribution in [-0.2, 0) is 9.53 Å². The summed E-state index contributed by atoms with van der Waals surface area (Å²) in [5.41, 5.74) is 0.603. The summed E-state index contributed by atoms with van der Waals surface area (Å²) in [4.78, 5) is 11.2. The molecule has 0 N–H and O–H groups in total. The molecule has 0 fully saturated rings. The maximum Gasteiger partial charge on any atom is 0.330 e. The van der Waals surface area contributed by atoms with Gasteiger partial charge in [-0.1, -0.05) is 68.5 Å². The summed E-state index contributed by atoms with van der Waals surface area (Å²) in [6.45, 7) is 9.38. The second-order valence-corrected chi connectivity index (χ2v) is 10.9. The molecule has 0 aliphatic heterocycles. The van der Waals surface area contributed by atoms with Crippen LogP contribution >= 0.6 is 0 Å². The van der Waals surface area contributed by atoms with Crippen molar-refractivity contribution in [2.75, 3.05) is 7.11 Å². The fourth-order valence-corrected chi connectivity index (χ4v) is 6.73. The Morgan fingerprint density at radius 2 is 1.85 bits per heavy atom. The number of carbonyl (C=O) groups is 1. The first-order valence-electron chi connectivity index (χ1n) is 7.19.